The monoisotopic (exact) mass is 785 g/mol. The SMILES string of the molecule is COc1nc(-c2cccc(-c3cccc4c3CC[C@@H]4Oc3nc(OC)c(CN4CC5(C(=O)O)CCC4CC5)nc3Cl)c2Cl)ccc1CNC[C@@H]1CCC(=O)C1. The molecular formula is C42H45Cl2N5O6. The third kappa shape index (κ3) is 7.39. The zero-order valence-corrected chi connectivity index (χ0v) is 32.6. The van der Waals surface area contributed by atoms with Crippen LogP contribution in [-0.2, 0) is 29.1 Å². The molecule has 2 N–H and O–H groups in total. The van der Waals surface area contributed by atoms with Gasteiger partial charge in [0.1, 0.15) is 17.6 Å². The van der Waals surface area contributed by atoms with Gasteiger partial charge in [0.15, 0.2) is 5.15 Å². The smallest absolute Gasteiger partial charge is 0.310 e. The molecule has 3 aliphatic carbocycles. The number of aromatic nitrogens is 3. The molecule has 11 nitrogen and oxygen atoms in total. The van der Waals surface area contributed by atoms with Crippen molar-refractivity contribution >= 4 is 35.0 Å². The Morgan fingerprint density at radius 3 is 2.42 bits per heavy atom. The first-order valence-electron chi connectivity index (χ1n) is 19.1. The minimum Gasteiger partial charge on any atom is -0.481 e. The number of benzene rings is 2. The molecule has 0 spiro atoms. The number of carbonyl (C=O) groups excluding carboxylic acids is 1. The quantitative estimate of drug-likeness (QED) is 0.137. The molecule has 55 heavy (non-hydrogen) atoms. The largest absolute Gasteiger partial charge is 0.481 e. The van der Waals surface area contributed by atoms with Crippen LogP contribution in [0.4, 0.5) is 0 Å². The molecule has 2 aromatic heterocycles. The predicted molar refractivity (Wildman–Crippen MR) is 209 cm³/mol. The number of hydrogen-bond acceptors (Lipinski definition) is 10. The van der Waals surface area contributed by atoms with Gasteiger partial charge in [0, 0.05) is 55.2 Å². The summed E-state index contributed by atoms with van der Waals surface area (Å²) in [6.45, 7) is 2.26. The van der Waals surface area contributed by atoms with Crippen molar-refractivity contribution in [1.82, 2.24) is 25.2 Å². The molecule has 2 aromatic carbocycles. The van der Waals surface area contributed by atoms with E-state index in [0.29, 0.717) is 97.7 Å². The molecule has 2 saturated heterocycles. The van der Waals surface area contributed by atoms with Crippen LogP contribution in [0, 0.1) is 11.3 Å². The van der Waals surface area contributed by atoms with Gasteiger partial charge in [-0.2, -0.15) is 4.98 Å². The number of methoxy groups -OCH3 is 2. The lowest BCUT2D eigenvalue weighted by Crippen LogP contribution is -2.56. The number of Topliss-reactive ketones (excluding diaryl/α,β-unsaturated/α-hetero) is 1. The molecule has 2 atom stereocenters. The standard InChI is InChI=1S/C42H45Cl2N5O6/c1-53-38-25(21-45-20-24-9-11-27(50)19-24)10-13-33(47-38)32-8-4-7-31(36(32)43)28-5-3-6-30-29(28)12-14-35(30)55-40-37(44)46-34(39(48-40)54-2)22-49-23-42(41(51)52)17-15-26(49)16-18-42/h3-8,10,13,24,26,35,45H,9,11-12,14-23H2,1-2H3,(H,51,52)/t24-,26?,35+,42?/m1/s1. The van der Waals surface area contributed by atoms with Crippen molar-refractivity contribution < 1.29 is 28.9 Å². The Bertz CT molecular complexity index is 2120. The van der Waals surface area contributed by atoms with Crippen LogP contribution in [0.5, 0.6) is 17.6 Å². The Hall–Kier alpha value is -4.29. The van der Waals surface area contributed by atoms with Crippen LogP contribution in [-0.4, -0.2) is 70.1 Å². The molecule has 288 valence electrons. The number of carboxylic acid groups (broad SMARTS) is 1. The number of piperidine rings is 2. The lowest BCUT2D eigenvalue weighted by Gasteiger charge is -2.50. The van der Waals surface area contributed by atoms with Crippen molar-refractivity contribution in [2.75, 3.05) is 27.3 Å². The average molecular weight is 787 g/mol. The third-order valence-corrected chi connectivity index (χ3v) is 12.7. The van der Waals surface area contributed by atoms with Gasteiger partial charge in [0.2, 0.25) is 11.8 Å². The van der Waals surface area contributed by atoms with E-state index in [2.05, 4.69) is 32.3 Å². The number of nitrogens with one attached hydrogen (secondary N) is 1. The summed E-state index contributed by atoms with van der Waals surface area (Å²) in [5, 5.41) is 14.2. The molecule has 2 bridgehead atoms. The molecule has 4 aromatic rings. The van der Waals surface area contributed by atoms with Crippen molar-refractivity contribution in [1.29, 1.82) is 0 Å². The molecule has 2 saturated carbocycles. The van der Waals surface area contributed by atoms with Gasteiger partial charge in [-0.1, -0.05) is 65.7 Å². The normalized spacial score (nSPS) is 23.2. The molecule has 4 heterocycles. The molecule has 0 amide bonds. The fourth-order valence-corrected chi connectivity index (χ4v) is 9.60. The molecule has 4 fully saturated rings. The van der Waals surface area contributed by atoms with E-state index in [-0.39, 0.29) is 17.1 Å². The highest BCUT2D eigenvalue weighted by atomic mass is 35.5. The number of fused-ring (bicyclic) bond motifs is 4. The van der Waals surface area contributed by atoms with Crippen molar-refractivity contribution in [3.63, 3.8) is 0 Å². The molecule has 13 heteroatoms. The third-order valence-electron chi connectivity index (χ3n) is 12.1. The van der Waals surface area contributed by atoms with Gasteiger partial charge in [-0.15, -0.1) is 0 Å². The van der Waals surface area contributed by atoms with Crippen molar-refractivity contribution in [2.45, 2.75) is 83.0 Å². The second kappa shape index (κ2) is 15.7. The van der Waals surface area contributed by atoms with Crippen LogP contribution in [0.3, 0.4) is 0 Å². The molecule has 5 aliphatic rings. The van der Waals surface area contributed by atoms with E-state index in [1.54, 1.807) is 14.2 Å². The number of halogens is 2. The molecule has 0 radical (unpaired) electrons. The van der Waals surface area contributed by atoms with E-state index in [4.69, 9.17) is 42.4 Å². The van der Waals surface area contributed by atoms with Gasteiger partial charge >= 0.3 is 5.97 Å². The van der Waals surface area contributed by atoms with Crippen LogP contribution in [0.15, 0.2) is 48.5 Å². The molecule has 9 rings (SSSR count). The van der Waals surface area contributed by atoms with Crippen LogP contribution in [0.25, 0.3) is 22.4 Å². The maximum Gasteiger partial charge on any atom is 0.310 e. The van der Waals surface area contributed by atoms with Crippen molar-refractivity contribution in [2.24, 2.45) is 11.3 Å². The fraction of sp³-hybridized carbons (Fsp3) is 0.452. The Labute approximate surface area is 330 Å². The summed E-state index contributed by atoms with van der Waals surface area (Å²) in [4.78, 5) is 40.2. The van der Waals surface area contributed by atoms with Gasteiger partial charge in [-0.3, -0.25) is 14.5 Å². The number of carbonyl (C=O) groups is 2. The molecule has 0 unspecified atom stereocenters. The Balaban J connectivity index is 0.994. The second-order valence-electron chi connectivity index (χ2n) is 15.3. The van der Waals surface area contributed by atoms with Crippen molar-refractivity contribution in [3.8, 4) is 40.0 Å². The summed E-state index contributed by atoms with van der Waals surface area (Å²) in [6, 6.07) is 16.4. The van der Waals surface area contributed by atoms with Gasteiger partial charge < -0.3 is 24.6 Å². The van der Waals surface area contributed by atoms with E-state index >= 15 is 0 Å². The minimum atomic E-state index is -0.729. The number of ketones is 1. The minimum absolute atomic E-state index is 0.140. The average Bonchev–Trinajstić information content (AvgIpc) is 3.81. The fourth-order valence-electron chi connectivity index (χ4n) is 9.08. The number of rotatable bonds is 13. The number of carboxylic acids is 1. The highest BCUT2D eigenvalue weighted by Crippen LogP contribution is 2.47. The van der Waals surface area contributed by atoms with Crippen molar-refractivity contribution in [3.05, 3.63) is 81.1 Å². The van der Waals surface area contributed by atoms with E-state index in [9.17, 15) is 14.7 Å². The first kappa shape index (κ1) is 37.6. The maximum atomic E-state index is 12.2. The summed E-state index contributed by atoms with van der Waals surface area (Å²) in [5.74, 6) is 1.05. The van der Waals surface area contributed by atoms with Crippen LogP contribution in [0.2, 0.25) is 10.2 Å². The summed E-state index contributed by atoms with van der Waals surface area (Å²) >= 11 is 13.9. The zero-order valence-electron chi connectivity index (χ0n) is 31.1. The van der Waals surface area contributed by atoms with Gasteiger partial charge in [0.05, 0.1) is 30.4 Å². The zero-order chi connectivity index (χ0) is 38.3. The van der Waals surface area contributed by atoms with Gasteiger partial charge in [0.25, 0.3) is 5.88 Å². The lowest BCUT2D eigenvalue weighted by atomic mass is 9.67. The molecule has 2 aliphatic heterocycles. The van der Waals surface area contributed by atoms with Gasteiger partial charge in [-0.05, 0) is 80.2 Å². The van der Waals surface area contributed by atoms with E-state index in [1.165, 1.54) is 0 Å². The predicted octanol–water partition coefficient (Wildman–Crippen LogP) is 7.88. The topological polar surface area (TPSA) is 136 Å². The maximum absolute atomic E-state index is 12.2. The van der Waals surface area contributed by atoms with E-state index < -0.39 is 11.4 Å². The summed E-state index contributed by atoms with van der Waals surface area (Å²) in [6.07, 6.45) is 6.54. The number of nitrogens with zero attached hydrogens (tertiary/aromatic N) is 4. The lowest BCUT2D eigenvalue weighted by molar-refractivity contribution is -0.160. The molecular weight excluding hydrogens is 741 g/mol. The highest BCUT2D eigenvalue weighted by Gasteiger charge is 2.50. The van der Waals surface area contributed by atoms with Gasteiger partial charge in [-0.25, -0.2) is 9.97 Å². The highest BCUT2D eigenvalue weighted by molar-refractivity contribution is 6.36. The number of aliphatic carboxylic acids is 1. The van der Waals surface area contributed by atoms with Crippen LogP contribution >= 0.6 is 23.2 Å². The Kier molecular flexibility index (Phi) is 10.7. The second-order valence-corrected chi connectivity index (χ2v) is 16.1. The Morgan fingerprint density at radius 2 is 1.67 bits per heavy atom. The van der Waals surface area contributed by atoms with E-state index in [1.807, 2.05) is 36.4 Å². The number of hydrogen-bond donors (Lipinski definition) is 2. The number of pyridine rings is 1. The summed E-state index contributed by atoms with van der Waals surface area (Å²) < 4.78 is 17.8. The first-order valence-corrected chi connectivity index (χ1v) is 19.8. The van der Waals surface area contributed by atoms with Crippen LogP contribution < -0.4 is 19.5 Å². The summed E-state index contributed by atoms with van der Waals surface area (Å²) in [7, 11) is 3.16. The number of ether oxygens (including phenoxy) is 3. The van der Waals surface area contributed by atoms with E-state index in [0.717, 1.165) is 65.6 Å². The van der Waals surface area contributed by atoms with Crippen LogP contribution in [0.1, 0.15) is 79.9 Å². The Morgan fingerprint density at radius 1 is 0.909 bits per heavy atom. The summed E-state index contributed by atoms with van der Waals surface area (Å²) in [5.41, 5.74) is 6.39. The first-order chi connectivity index (χ1) is 26.7.